The van der Waals surface area contributed by atoms with E-state index >= 15 is 0 Å². The van der Waals surface area contributed by atoms with Crippen LogP contribution in [0.3, 0.4) is 0 Å². The van der Waals surface area contributed by atoms with Gasteiger partial charge in [0, 0.05) is 11.3 Å². The molecular weight excluding hydrogens is 336 g/mol. The van der Waals surface area contributed by atoms with Crippen molar-refractivity contribution in [3.8, 4) is 0 Å². The van der Waals surface area contributed by atoms with Crippen molar-refractivity contribution in [2.45, 2.75) is 51.6 Å². The summed E-state index contributed by atoms with van der Waals surface area (Å²) in [6.45, 7) is 6.64. The molecule has 6 heteroatoms. The van der Waals surface area contributed by atoms with E-state index in [2.05, 4.69) is 41.2 Å². The van der Waals surface area contributed by atoms with Gasteiger partial charge in [0.15, 0.2) is 0 Å². The van der Waals surface area contributed by atoms with Crippen molar-refractivity contribution in [2.75, 3.05) is 11.9 Å². The number of nitrogens with one attached hydrogen (secondary N) is 2. The number of carbonyl (C=O) groups excluding carboxylic acids is 1. The standard InChI is InChI=1S/C19H25ClN4O/c1-19(2,3)24-17-10-6-9-15(13(17)11-22-24)23-18(25)12-21-16-8-5-4-7-14(16)20/h4-5,7-8,11,15,21H,6,9-10,12H2,1-3H3,(H,23,25)/t15-/m1/s1. The van der Waals surface area contributed by atoms with Gasteiger partial charge >= 0.3 is 0 Å². The molecule has 0 bridgehead atoms. The van der Waals surface area contributed by atoms with Crippen LogP contribution in [0.4, 0.5) is 5.69 Å². The smallest absolute Gasteiger partial charge is 0.239 e. The molecular formula is C19H25ClN4O. The maximum atomic E-state index is 12.4. The second kappa shape index (κ2) is 7.08. The molecule has 0 saturated carbocycles. The summed E-state index contributed by atoms with van der Waals surface area (Å²) in [5.74, 6) is -0.0405. The average Bonchev–Trinajstić information content (AvgIpc) is 2.99. The fraction of sp³-hybridized carbons (Fsp3) is 0.474. The number of nitrogens with zero attached hydrogens (tertiary/aromatic N) is 2. The lowest BCUT2D eigenvalue weighted by Gasteiger charge is -2.28. The van der Waals surface area contributed by atoms with E-state index < -0.39 is 0 Å². The molecule has 1 aliphatic carbocycles. The van der Waals surface area contributed by atoms with Crippen LogP contribution in [0, 0.1) is 0 Å². The summed E-state index contributed by atoms with van der Waals surface area (Å²) in [7, 11) is 0. The molecule has 2 aromatic rings. The van der Waals surface area contributed by atoms with Gasteiger partial charge in [0.2, 0.25) is 5.91 Å². The summed E-state index contributed by atoms with van der Waals surface area (Å²) in [6, 6.07) is 7.45. The molecule has 0 aliphatic heterocycles. The van der Waals surface area contributed by atoms with Gasteiger partial charge in [0.1, 0.15) is 0 Å². The number of anilines is 1. The van der Waals surface area contributed by atoms with E-state index in [9.17, 15) is 4.79 Å². The Bertz CT molecular complexity index is 763. The van der Waals surface area contributed by atoms with E-state index in [4.69, 9.17) is 11.6 Å². The van der Waals surface area contributed by atoms with Crippen LogP contribution in [-0.2, 0) is 16.8 Å². The molecule has 1 amide bonds. The first-order valence-electron chi connectivity index (χ1n) is 8.71. The molecule has 1 aromatic heterocycles. The van der Waals surface area contributed by atoms with Crippen molar-refractivity contribution in [3.05, 3.63) is 46.7 Å². The van der Waals surface area contributed by atoms with E-state index in [0.29, 0.717) is 5.02 Å². The highest BCUT2D eigenvalue weighted by Gasteiger charge is 2.28. The third-order valence-corrected chi connectivity index (χ3v) is 4.80. The van der Waals surface area contributed by atoms with Gasteiger partial charge in [0.25, 0.3) is 0 Å². The largest absolute Gasteiger partial charge is 0.375 e. The van der Waals surface area contributed by atoms with Crippen molar-refractivity contribution in [1.29, 1.82) is 0 Å². The van der Waals surface area contributed by atoms with Crippen LogP contribution in [0.5, 0.6) is 0 Å². The Kier molecular flexibility index (Phi) is 5.04. The predicted octanol–water partition coefficient (Wildman–Crippen LogP) is 3.90. The molecule has 1 aromatic carbocycles. The highest BCUT2D eigenvalue weighted by atomic mass is 35.5. The topological polar surface area (TPSA) is 59.0 Å². The zero-order valence-corrected chi connectivity index (χ0v) is 15.7. The maximum Gasteiger partial charge on any atom is 0.239 e. The monoisotopic (exact) mass is 360 g/mol. The molecule has 25 heavy (non-hydrogen) atoms. The summed E-state index contributed by atoms with van der Waals surface area (Å²) in [6.07, 6.45) is 4.92. The number of rotatable bonds is 4. The number of para-hydroxylation sites is 1. The lowest BCUT2D eigenvalue weighted by atomic mass is 9.92. The summed E-state index contributed by atoms with van der Waals surface area (Å²) in [5, 5.41) is 11.4. The average molecular weight is 361 g/mol. The molecule has 134 valence electrons. The first kappa shape index (κ1) is 17.8. The van der Waals surface area contributed by atoms with Crippen LogP contribution >= 0.6 is 11.6 Å². The predicted molar refractivity (Wildman–Crippen MR) is 101 cm³/mol. The van der Waals surface area contributed by atoms with Crippen molar-refractivity contribution < 1.29 is 4.79 Å². The fourth-order valence-electron chi connectivity index (χ4n) is 3.31. The highest BCUT2D eigenvalue weighted by molar-refractivity contribution is 6.33. The number of benzene rings is 1. The van der Waals surface area contributed by atoms with Gasteiger partial charge in [-0.05, 0) is 52.2 Å². The number of hydrogen-bond donors (Lipinski definition) is 2. The number of carbonyl (C=O) groups is 1. The molecule has 0 fully saturated rings. The van der Waals surface area contributed by atoms with Crippen LogP contribution in [-0.4, -0.2) is 22.2 Å². The molecule has 3 rings (SSSR count). The first-order chi connectivity index (χ1) is 11.9. The molecule has 0 spiro atoms. The van der Waals surface area contributed by atoms with Gasteiger partial charge in [-0.15, -0.1) is 0 Å². The normalized spacial score (nSPS) is 17.0. The van der Waals surface area contributed by atoms with E-state index in [1.54, 1.807) is 6.07 Å². The molecule has 5 nitrogen and oxygen atoms in total. The van der Waals surface area contributed by atoms with E-state index in [-0.39, 0.29) is 24.0 Å². The van der Waals surface area contributed by atoms with Gasteiger partial charge in [-0.2, -0.15) is 5.10 Å². The van der Waals surface area contributed by atoms with Gasteiger partial charge in [0.05, 0.1) is 35.0 Å². The highest BCUT2D eigenvalue weighted by Crippen LogP contribution is 2.32. The number of hydrogen-bond acceptors (Lipinski definition) is 3. The summed E-state index contributed by atoms with van der Waals surface area (Å²) >= 11 is 6.11. The lowest BCUT2D eigenvalue weighted by Crippen LogP contribution is -2.35. The van der Waals surface area contributed by atoms with Gasteiger partial charge in [-0.25, -0.2) is 0 Å². The lowest BCUT2D eigenvalue weighted by molar-refractivity contribution is -0.120. The number of halogens is 1. The third-order valence-electron chi connectivity index (χ3n) is 4.47. The van der Waals surface area contributed by atoms with Crippen molar-refractivity contribution in [2.24, 2.45) is 0 Å². The molecule has 0 radical (unpaired) electrons. The van der Waals surface area contributed by atoms with Crippen molar-refractivity contribution in [3.63, 3.8) is 0 Å². The van der Waals surface area contributed by atoms with E-state index in [1.165, 1.54) is 5.69 Å². The van der Waals surface area contributed by atoms with Gasteiger partial charge < -0.3 is 10.6 Å². The van der Waals surface area contributed by atoms with Crippen LogP contribution in [0.1, 0.15) is 50.9 Å². The summed E-state index contributed by atoms with van der Waals surface area (Å²) in [5.41, 5.74) is 3.10. The van der Waals surface area contributed by atoms with Gasteiger partial charge in [-0.1, -0.05) is 23.7 Å². The Hall–Kier alpha value is -2.01. The van der Waals surface area contributed by atoms with E-state index in [1.807, 2.05) is 24.4 Å². The third kappa shape index (κ3) is 3.98. The molecule has 1 atom stereocenters. The Labute approximate surface area is 153 Å². The zero-order valence-electron chi connectivity index (χ0n) is 15.0. The molecule has 1 heterocycles. The summed E-state index contributed by atoms with van der Waals surface area (Å²) in [4.78, 5) is 12.4. The van der Waals surface area contributed by atoms with Crippen LogP contribution in [0.25, 0.3) is 0 Å². The van der Waals surface area contributed by atoms with Gasteiger partial charge in [-0.3, -0.25) is 9.48 Å². The SMILES string of the molecule is CC(C)(C)n1ncc2c1CCC[C@H]2NC(=O)CNc1ccccc1Cl. The molecule has 0 unspecified atom stereocenters. The van der Waals surface area contributed by atoms with Crippen LogP contribution in [0.2, 0.25) is 5.02 Å². The quantitative estimate of drug-likeness (QED) is 0.869. The minimum atomic E-state index is -0.0505. The summed E-state index contributed by atoms with van der Waals surface area (Å²) < 4.78 is 2.09. The number of amides is 1. The second-order valence-electron chi connectivity index (χ2n) is 7.47. The van der Waals surface area contributed by atoms with Crippen LogP contribution < -0.4 is 10.6 Å². The number of aromatic nitrogens is 2. The van der Waals surface area contributed by atoms with Crippen LogP contribution in [0.15, 0.2) is 30.5 Å². The molecule has 1 aliphatic rings. The Morgan fingerprint density at radius 3 is 2.84 bits per heavy atom. The second-order valence-corrected chi connectivity index (χ2v) is 7.88. The Morgan fingerprint density at radius 2 is 2.12 bits per heavy atom. The first-order valence-corrected chi connectivity index (χ1v) is 9.09. The van der Waals surface area contributed by atoms with E-state index in [0.717, 1.165) is 30.5 Å². The Morgan fingerprint density at radius 1 is 1.36 bits per heavy atom. The molecule has 0 saturated heterocycles. The van der Waals surface area contributed by atoms with Crippen molar-refractivity contribution >= 4 is 23.2 Å². The van der Waals surface area contributed by atoms with Crippen molar-refractivity contribution in [1.82, 2.24) is 15.1 Å². The minimum Gasteiger partial charge on any atom is -0.375 e. The number of fused-ring (bicyclic) bond motifs is 1. The maximum absolute atomic E-state index is 12.4. The zero-order chi connectivity index (χ0) is 18.0. The molecule has 2 N–H and O–H groups in total. The Balaban J connectivity index is 1.66. The minimum absolute atomic E-state index is 0.0281. The fourth-order valence-corrected chi connectivity index (χ4v) is 3.51.